The van der Waals surface area contributed by atoms with E-state index in [1.54, 1.807) is 6.33 Å². The van der Waals surface area contributed by atoms with Crippen molar-refractivity contribution in [3.05, 3.63) is 30.4 Å². The van der Waals surface area contributed by atoms with Gasteiger partial charge in [0.2, 0.25) is 0 Å². The second-order valence-electron chi connectivity index (χ2n) is 6.37. The number of aromatic amines is 1. The summed E-state index contributed by atoms with van der Waals surface area (Å²) >= 11 is 0. The zero-order valence-electron chi connectivity index (χ0n) is 13.7. The van der Waals surface area contributed by atoms with E-state index in [-0.39, 0.29) is 0 Å². The molecule has 24 heavy (non-hydrogen) atoms. The molecule has 0 bridgehead atoms. The highest BCUT2D eigenvalue weighted by molar-refractivity contribution is 5.75. The van der Waals surface area contributed by atoms with Crippen LogP contribution >= 0.6 is 0 Å². The summed E-state index contributed by atoms with van der Waals surface area (Å²) in [6.07, 6.45) is 9.72. The van der Waals surface area contributed by atoms with Gasteiger partial charge in [0.15, 0.2) is 5.82 Å². The van der Waals surface area contributed by atoms with Crippen molar-refractivity contribution in [1.29, 1.82) is 0 Å². The van der Waals surface area contributed by atoms with Gasteiger partial charge in [-0.15, -0.1) is 5.10 Å². The van der Waals surface area contributed by atoms with Crippen molar-refractivity contribution in [2.45, 2.75) is 51.0 Å². The molecule has 1 N–H and O–H groups in total. The second-order valence-corrected chi connectivity index (χ2v) is 6.37. The summed E-state index contributed by atoms with van der Waals surface area (Å²) in [5.41, 5.74) is 1.95. The maximum absolute atomic E-state index is 5.84. The highest BCUT2D eigenvalue weighted by atomic mass is 16.5. The van der Waals surface area contributed by atoms with Gasteiger partial charge in [0.05, 0.1) is 30.0 Å². The smallest absolute Gasteiger partial charge is 0.151 e. The number of benzene rings is 1. The number of ether oxygens (including phenoxy) is 1. The Morgan fingerprint density at radius 2 is 2.12 bits per heavy atom. The fourth-order valence-electron chi connectivity index (χ4n) is 3.41. The fraction of sp³-hybridized carbons (Fsp3) is 0.529. The van der Waals surface area contributed by atoms with Gasteiger partial charge >= 0.3 is 0 Å². The predicted octanol–water partition coefficient (Wildman–Crippen LogP) is 3.07. The van der Waals surface area contributed by atoms with Crippen LogP contribution in [0.3, 0.4) is 0 Å². The van der Waals surface area contributed by atoms with Crippen molar-refractivity contribution in [1.82, 2.24) is 30.2 Å². The van der Waals surface area contributed by atoms with Crippen molar-refractivity contribution >= 4 is 11.0 Å². The van der Waals surface area contributed by atoms with Gasteiger partial charge in [-0.1, -0.05) is 19.3 Å². The Morgan fingerprint density at radius 1 is 1.21 bits per heavy atom. The topological polar surface area (TPSA) is 81.5 Å². The Bertz CT molecular complexity index is 789. The lowest BCUT2D eigenvalue weighted by Gasteiger charge is -2.22. The lowest BCUT2D eigenvalue weighted by Crippen LogP contribution is -2.17. The summed E-state index contributed by atoms with van der Waals surface area (Å²) in [6, 6.07) is 6.38. The monoisotopic (exact) mass is 326 g/mol. The molecule has 1 aliphatic rings. The third kappa shape index (κ3) is 3.25. The summed E-state index contributed by atoms with van der Waals surface area (Å²) < 4.78 is 7.88. The molecule has 0 unspecified atom stereocenters. The number of fused-ring (bicyclic) bond motifs is 1. The van der Waals surface area contributed by atoms with Gasteiger partial charge < -0.3 is 9.72 Å². The van der Waals surface area contributed by atoms with Crippen LogP contribution in [-0.2, 0) is 6.42 Å². The average Bonchev–Trinajstić information content (AvgIpc) is 3.28. The first-order chi connectivity index (χ1) is 11.9. The molecule has 1 aromatic carbocycles. The Hall–Kier alpha value is -2.44. The molecule has 7 nitrogen and oxygen atoms in total. The molecule has 1 fully saturated rings. The van der Waals surface area contributed by atoms with Crippen molar-refractivity contribution < 1.29 is 4.74 Å². The van der Waals surface area contributed by atoms with Crippen LogP contribution in [0, 0.1) is 0 Å². The maximum atomic E-state index is 5.84. The number of aryl methyl sites for hydroxylation is 1. The maximum Gasteiger partial charge on any atom is 0.151 e. The zero-order valence-corrected chi connectivity index (χ0v) is 13.7. The lowest BCUT2D eigenvalue weighted by molar-refractivity contribution is 0.298. The molecule has 0 amide bonds. The highest BCUT2D eigenvalue weighted by Gasteiger charge is 2.19. The average molecular weight is 326 g/mol. The zero-order chi connectivity index (χ0) is 16.2. The Kier molecular flexibility index (Phi) is 4.40. The van der Waals surface area contributed by atoms with E-state index in [0.29, 0.717) is 12.6 Å². The van der Waals surface area contributed by atoms with E-state index in [1.165, 1.54) is 32.1 Å². The molecular formula is C17H22N6O. The van der Waals surface area contributed by atoms with E-state index in [4.69, 9.17) is 4.74 Å². The number of rotatable bonds is 6. The van der Waals surface area contributed by atoms with Crippen LogP contribution in [0.5, 0.6) is 5.75 Å². The molecule has 4 rings (SSSR count). The molecule has 1 aliphatic carbocycles. The molecular weight excluding hydrogens is 304 g/mol. The van der Waals surface area contributed by atoms with Crippen LogP contribution in [0.1, 0.15) is 50.4 Å². The van der Waals surface area contributed by atoms with E-state index < -0.39 is 0 Å². The third-order valence-electron chi connectivity index (χ3n) is 4.69. The number of H-pyrrole nitrogens is 1. The highest BCUT2D eigenvalue weighted by Crippen LogP contribution is 2.28. The van der Waals surface area contributed by atoms with E-state index in [1.807, 2.05) is 22.9 Å². The SMILES string of the molecule is c1nc2ccc(OCCCc3nnnn3C3CCCCC3)cc2[nH]1. The van der Waals surface area contributed by atoms with Gasteiger partial charge in [-0.25, -0.2) is 9.67 Å². The van der Waals surface area contributed by atoms with Crippen molar-refractivity contribution in [3.8, 4) is 5.75 Å². The minimum absolute atomic E-state index is 0.479. The molecule has 0 saturated heterocycles. The number of hydrogen-bond acceptors (Lipinski definition) is 5. The Balaban J connectivity index is 1.30. The van der Waals surface area contributed by atoms with Gasteiger partial charge in [-0.05, 0) is 41.8 Å². The van der Waals surface area contributed by atoms with Crippen LogP contribution in [0.25, 0.3) is 11.0 Å². The third-order valence-corrected chi connectivity index (χ3v) is 4.69. The molecule has 0 atom stereocenters. The summed E-state index contributed by atoms with van der Waals surface area (Å²) in [4.78, 5) is 7.30. The van der Waals surface area contributed by atoms with Crippen molar-refractivity contribution in [3.63, 3.8) is 0 Å². The van der Waals surface area contributed by atoms with Gasteiger partial charge in [0.1, 0.15) is 5.75 Å². The molecule has 126 valence electrons. The minimum Gasteiger partial charge on any atom is -0.494 e. The molecule has 3 aromatic rings. The van der Waals surface area contributed by atoms with E-state index in [0.717, 1.165) is 35.4 Å². The number of imidazole rings is 1. The lowest BCUT2D eigenvalue weighted by atomic mass is 9.95. The molecule has 2 aromatic heterocycles. The van der Waals surface area contributed by atoms with Gasteiger partial charge in [0, 0.05) is 12.5 Å². The number of tetrazole rings is 1. The quantitative estimate of drug-likeness (QED) is 0.704. The number of aromatic nitrogens is 6. The van der Waals surface area contributed by atoms with Crippen LogP contribution in [0.2, 0.25) is 0 Å². The van der Waals surface area contributed by atoms with Crippen LogP contribution in [0.4, 0.5) is 0 Å². The summed E-state index contributed by atoms with van der Waals surface area (Å²) in [6.45, 7) is 0.650. The Morgan fingerprint density at radius 3 is 3.04 bits per heavy atom. The van der Waals surface area contributed by atoms with E-state index in [9.17, 15) is 0 Å². The van der Waals surface area contributed by atoms with Gasteiger partial charge in [-0.2, -0.15) is 0 Å². The summed E-state index contributed by atoms with van der Waals surface area (Å²) in [7, 11) is 0. The van der Waals surface area contributed by atoms with E-state index >= 15 is 0 Å². The fourth-order valence-corrected chi connectivity index (χ4v) is 3.41. The van der Waals surface area contributed by atoms with Crippen LogP contribution in [0.15, 0.2) is 24.5 Å². The van der Waals surface area contributed by atoms with Gasteiger partial charge in [0.25, 0.3) is 0 Å². The first-order valence-electron chi connectivity index (χ1n) is 8.73. The van der Waals surface area contributed by atoms with Gasteiger partial charge in [-0.3, -0.25) is 0 Å². The molecule has 0 spiro atoms. The van der Waals surface area contributed by atoms with Crippen LogP contribution < -0.4 is 4.74 Å². The Labute approximate surface area is 140 Å². The number of nitrogens with one attached hydrogen (secondary N) is 1. The molecule has 0 radical (unpaired) electrons. The first kappa shape index (κ1) is 15.1. The van der Waals surface area contributed by atoms with Crippen LogP contribution in [-0.4, -0.2) is 36.8 Å². The van der Waals surface area contributed by atoms with E-state index in [2.05, 4.69) is 25.5 Å². The molecule has 7 heteroatoms. The standard InChI is InChI=1S/C17H22N6O/c1-2-5-13(6-3-1)23-17(20-21-22-23)7-4-10-24-14-8-9-15-16(11-14)19-12-18-15/h8-9,11-13H,1-7,10H2,(H,18,19). The molecule has 0 aliphatic heterocycles. The largest absolute Gasteiger partial charge is 0.494 e. The van der Waals surface area contributed by atoms with Crippen molar-refractivity contribution in [2.24, 2.45) is 0 Å². The van der Waals surface area contributed by atoms with Crippen molar-refractivity contribution in [2.75, 3.05) is 6.61 Å². The second kappa shape index (κ2) is 6.98. The molecule has 1 saturated carbocycles. The summed E-state index contributed by atoms with van der Waals surface area (Å²) in [5.74, 6) is 1.84. The predicted molar refractivity (Wildman–Crippen MR) is 89.8 cm³/mol. The number of hydrogen-bond donors (Lipinski definition) is 1. The number of nitrogens with zero attached hydrogens (tertiary/aromatic N) is 5. The molecule has 2 heterocycles. The summed E-state index contributed by atoms with van der Waals surface area (Å²) in [5, 5.41) is 12.3. The normalized spacial score (nSPS) is 15.8. The first-order valence-corrected chi connectivity index (χ1v) is 8.73. The minimum atomic E-state index is 0.479.